The zero-order chi connectivity index (χ0) is 19.2. The van der Waals surface area contributed by atoms with Crippen molar-refractivity contribution >= 4 is 21.6 Å². The van der Waals surface area contributed by atoms with E-state index in [1.165, 1.54) is 0 Å². The molecule has 0 aliphatic heterocycles. The molecule has 136 valence electrons. The molecule has 1 N–H and O–H groups in total. The molecule has 0 unspecified atom stereocenters. The minimum Gasteiger partial charge on any atom is -0.325 e. The molecule has 6 nitrogen and oxygen atoms in total. The first-order valence-electron chi connectivity index (χ1n) is 8.19. The van der Waals surface area contributed by atoms with Crippen molar-refractivity contribution < 1.29 is 13.2 Å². The van der Waals surface area contributed by atoms with Crippen LogP contribution in [0.5, 0.6) is 0 Å². The van der Waals surface area contributed by atoms with E-state index in [0.29, 0.717) is 12.1 Å². The largest absolute Gasteiger partial charge is 0.325 e. The van der Waals surface area contributed by atoms with Crippen molar-refractivity contribution in [3.8, 4) is 6.07 Å². The van der Waals surface area contributed by atoms with E-state index in [1.807, 2.05) is 6.92 Å². The van der Waals surface area contributed by atoms with Gasteiger partial charge in [0.25, 0.3) is 0 Å². The standard InChI is InChI=1S/C19H21N3O3S/c1-3-22(26(24,25)18-10-4-15(2)5-11-18)14-19(23)21-17-8-6-16(7-9-17)12-13-20/h4-11H,3,12,14H2,1-2H3,(H,21,23). The van der Waals surface area contributed by atoms with Crippen LogP contribution in [0.15, 0.2) is 53.4 Å². The van der Waals surface area contributed by atoms with Gasteiger partial charge in [0.15, 0.2) is 0 Å². The third-order valence-corrected chi connectivity index (χ3v) is 5.79. The quantitative estimate of drug-likeness (QED) is 0.810. The number of aryl methyl sites for hydroxylation is 1. The van der Waals surface area contributed by atoms with Crippen LogP contribution in [0.2, 0.25) is 0 Å². The molecule has 2 aromatic carbocycles. The number of hydrogen-bond donors (Lipinski definition) is 1. The van der Waals surface area contributed by atoms with E-state index in [1.54, 1.807) is 55.5 Å². The van der Waals surface area contributed by atoms with Gasteiger partial charge in [-0.2, -0.15) is 9.57 Å². The molecule has 0 saturated heterocycles. The highest BCUT2D eigenvalue weighted by atomic mass is 32.2. The van der Waals surface area contributed by atoms with Gasteiger partial charge in [0, 0.05) is 12.2 Å². The molecular formula is C19H21N3O3S. The summed E-state index contributed by atoms with van der Waals surface area (Å²) in [4.78, 5) is 12.4. The van der Waals surface area contributed by atoms with Gasteiger partial charge in [0.1, 0.15) is 0 Å². The second-order valence-electron chi connectivity index (χ2n) is 5.82. The molecule has 0 aliphatic carbocycles. The van der Waals surface area contributed by atoms with Crippen molar-refractivity contribution in [2.24, 2.45) is 0 Å². The van der Waals surface area contributed by atoms with E-state index in [9.17, 15) is 13.2 Å². The second-order valence-corrected chi connectivity index (χ2v) is 7.76. The number of nitrogens with zero attached hydrogens (tertiary/aromatic N) is 2. The molecule has 0 atom stereocenters. The summed E-state index contributed by atoms with van der Waals surface area (Å²) < 4.78 is 26.5. The van der Waals surface area contributed by atoms with Gasteiger partial charge in [-0.25, -0.2) is 8.42 Å². The van der Waals surface area contributed by atoms with Gasteiger partial charge in [-0.05, 0) is 36.8 Å². The number of rotatable bonds is 7. The molecule has 0 spiro atoms. The molecule has 7 heteroatoms. The fourth-order valence-corrected chi connectivity index (χ4v) is 3.79. The van der Waals surface area contributed by atoms with E-state index in [0.717, 1.165) is 15.4 Å². The summed E-state index contributed by atoms with van der Waals surface area (Å²) >= 11 is 0. The average Bonchev–Trinajstić information content (AvgIpc) is 2.62. The Labute approximate surface area is 154 Å². The van der Waals surface area contributed by atoms with Gasteiger partial charge in [-0.15, -0.1) is 0 Å². The Morgan fingerprint density at radius 1 is 1.12 bits per heavy atom. The number of carbonyl (C=O) groups excluding carboxylic acids is 1. The smallest absolute Gasteiger partial charge is 0.243 e. The summed E-state index contributed by atoms with van der Waals surface area (Å²) in [7, 11) is -3.73. The maximum absolute atomic E-state index is 12.7. The topological polar surface area (TPSA) is 90.3 Å². The van der Waals surface area contributed by atoms with E-state index in [-0.39, 0.29) is 18.0 Å². The van der Waals surface area contributed by atoms with Crippen molar-refractivity contribution in [3.63, 3.8) is 0 Å². The van der Waals surface area contributed by atoms with Crippen molar-refractivity contribution in [3.05, 3.63) is 59.7 Å². The van der Waals surface area contributed by atoms with E-state index in [2.05, 4.69) is 11.4 Å². The first kappa shape index (κ1) is 19.6. The lowest BCUT2D eigenvalue weighted by Gasteiger charge is -2.20. The van der Waals surface area contributed by atoms with Crippen LogP contribution in [-0.4, -0.2) is 31.7 Å². The number of anilines is 1. The number of hydrogen-bond acceptors (Lipinski definition) is 4. The Morgan fingerprint density at radius 3 is 2.27 bits per heavy atom. The van der Waals surface area contributed by atoms with E-state index < -0.39 is 15.9 Å². The number of amides is 1. The fourth-order valence-electron chi connectivity index (χ4n) is 2.38. The van der Waals surface area contributed by atoms with Gasteiger partial charge < -0.3 is 5.32 Å². The molecule has 2 rings (SSSR count). The van der Waals surface area contributed by atoms with Crippen LogP contribution in [0.3, 0.4) is 0 Å². The Balaban J connectivity index is 2.07. The first-order valence-corrected chi connectivity index (χ1v) is 9.63. The lowest BCUT2D eigenvalue weighted by Crippen LogP contribution is -2.37. The summed E-state index contributed by atoms with van der Waals surface area (Å²) in [5.74, 6) is -0.421. The highest BCUT2D eigenvalue weighted by molar-refractivity contribution is 7.89. The molecule has 0 aromatic heterocycles. The molecule has 0 bridgehead atoms. The molecule has 0 radical (unpaired) electrons. The molecule has 0 heterocycles. The number of carbonyl (C=O) groups is 1. The van der Waals surface area contributed by atoms with E-state index >= 15 is 0 Å². The Hall–Kier alpha value is -2.69. The summed E-state index contributed by atoms with van der Waals surface area (Å²) in [5, 5.41) is 11.3. The molecule has 2 aromatic rings. The Bertz CT molecular complexity index is 899. The number of nitriles is 1. The highest BCUT2D eigenvalue weighted by Crippen LogP contribution is 2.16. The summed E-state index contributed by atoms with van der Waals surface area (Å²) in [6.07, 6.45) is 0.298. The molecule has 0 aliphatic rings. The van der Waals surface area contributed by atoms with Crippen molar-refractivity contribution in [2.45, 2.75) is 25.2 Å². The lowest BCUT2D eigenvalue weighted by atomic mass is 10.1. The predicted molar refractivity (Wildman–Crippen MR) is 100 cm³/mol. The zero-order valence-corrected chi connectivity index (χ0v) is 15.6. The van der Waals surface area contributed by atoms with Crippen LogP contribution in [0.25, 0.3) is 0 Å². The Kier molecular flexibility index (Phi) is 6.50. The third-order valence-electron chi connectivity index (χ3n) is 3.85. The van der Waals surface area contributed by atoms with Crippen LogP contribution < -0.4 is 5.32 Å². The number of likely N-dealkylation sites (N-methyl/N-ethyl adjacent to an activating group) is 1. The van der Waals surface area contributed by atoms with Crippen LogP contribution in [-0.2, 0) is 21.2 Å². The second kappa shape index (κ2) is 8.61. The fraction of sp³-hybridized carbons (Fsp3) is 0.263. The van der Waals surface area contributed by atoms with Crippen molar-refractivity contribution in [2.75, 3.05) is 18.4 Å². The lowest BCUT2D eigenvalue weighted by molar-refractivity contribution is -0.116. The minimum absolute atomic E-state index is 0.165. The zero-order valence-electron chi connectivity index (χ0n) is 14.8. The third kappa shape index (κ3) is 4.91. The monoisotopic (exact) mass is 371 g/mol. The molecule has 0 saturated carbocycles. The van der Waals surface area contributed by atoms with Gasteiger partial charge in [-0.3, -0.25) is 4.79 Å². The van der Waals surface area contributed by atoms with Gasteiger partial charge in [0.2, 0.25) is 15.9 Å². The van der Waals surface area contributed by atoms with Crippen LogP contribution in [0, 0.1) is 18.3 Å². The average molecular weight is 371 g/mol. The summed E-state index contributed by atoms with van der Waals surface area (Å²) in [6.45, 7) is 3.48. The maximum Gasteiger partial charge on any atom is 0.243 e. The SMILES string of the molecule is CCN(CC(=O)Nc1ccc(CC#N)cc1)S(=O)(=O)c1ccc(C)cc1. The van der Waals surface area contributed by atoms with Crippen LogP contribution in [0.4, 0.5) is 5.69 Å². The molecule has 1 amide bonds. The van der Waals surface area contributed by atoms with Crippen LogP contribution >= 0.6 is 0 Å². The molecule has 26 heavy (non-hydrogen) atoms. The highest BCUT2D eigenvalue weighted by Gasteiger charge is 2.25. The van der Waals surface area contributed by atoms with Gasteiger partial charge in [-0.1, -0.05) is 36.8 Å². The molecular weight excluding hydrogens is 350 g/mol. The maximum atomic E-state index is 12.7. The number of benzene rings is 2. The predicted octanol–water partition coefficient (Wildman–Crippen LogP) is 2.71. The summed E-state index contributed by atoms with van der Waals surface area (Å²) in [6, 6.07) is 15.5. The summed E-state index contributed by atoms with van der Waals surface area (Å²) in [5.41, 5.74) is 2.37. The van der Waals surface area contributed by atoms with E-state index in [4.69, 9.17) is 5.26 Å². The minimum atomic E-state index is -3.73. The van der Waals surface area contributed by atoms with Crippen molar-refractivity contribution in [1.29, 1.82) is 5.26 Å². The van der Waals surface area contributed by atoms with Crippen molar-refractivity contribution in [1.82, 2.24) is 4.31 Å². The molecule has 0 fully saturated rings. The van der Waals surface area contributed by atoms with Gasteiger partial charge >= 0.3 is 0 Å². The normalized spacial score (nSPS) is 11.2. The van der Waals surface area contributed by atoms with Crippen LogP contribution in [0.1, 0.15) is 18.1 Å². The van der Waals surface area contributed by atoms with Gasteiger partial charge in [0.05, 0.1) is 23.9 Å². The Morgan fingerprint density at radius 2 is 1.73 bits per heavy atom. The number of sulfonamides is 1. The number of nitrogens with one attached hydrogen (secondary N) is 1. The first-order chi connectivity index (χ1) is 12.4.